The molecule has 4 rings (SSSR count). The molecule has 1 aliphatic heterocycles. The Kier molecular flexibility index (Phi) is 2.95. The van der Waals surface area contributed by atoms with Gasteiger partial charge in [0.25, 0.3) is 5.92 Å². The number of aromatic nitrogens is 3. The molecule has 1 atom stereocenters. The van der Waals surface area contributed by atoms with Gasteiger partial charge in [0.2, 0.25) is 0 Å². The maximum atomic E-state index is 13.4. The Morgan fingerprint density at radius 2 is 1.78 bits per heavy atom. The topological polar surface area (TPSA) is 39.8 Å². The summed E-state index contributed by atoms with van der Waals surface area (Å²) < 4.78 is 55.3. The molecule has 8 heteroatoms. The lowest BCUT2D eigenvalue weighted by molar-refractivity contribution is -0.107. The molecule has 0 amide bonds. The molecule has 23 heavy (non-hydrogen) atoms. The number of benzene rings is 1. The first-order chi connectivity index (χ1) is 10.8. The fraction of sp³-hybridized carbons (Fsp3) is 0.467. The number of halogens is 4. The van der Waals surface area contributed by atoms with Crippen molar-refractivity contribution in [2.45, 2.75) is 43.7 Å². The second kappa shape index (κ2) is 4.69. The molecule has 1 fully saturated rings. The summed E-state index contributed by atoms with van der Waals surface area (Å²) in [6.07, 6.45) is 0.168. The quantitative estimate of drug-likeness (QED) is 0.796. The summed E-state index contributed by atoms with van der Waals surface area (Å²) in [5, 5.41) is 4.14. The van der Waals surface area contributed by atoms with Crippen molar-refractivity contribution in [2.24, 2.45) is 0 Å². The molecule has 0 radical (unpaired) electrons. The minimum atomic E-state index is -2.75. The lowest BCUT2D eigenvalue weighted by Crippen LogP contribution is -2.42. The van der Waals surface area contributed by atoms with Crippen molar-refractivity contribution in [2.75, 3.05) is 0 Å². The molecule has 1 aliphatic carbocycles. The van der Waals surface area contributed by atoms with E-state index in [1.807, 2.05) is 0 Å². The van der Waals surface area contributed by atoms with Crippen molar-refractivity contribution in [1.82, 2.24) is 14.3 Å². The van der Waals surface area contributed by atoms with E-state index in [9.17, 15) is 22.4 Å². The van der Waals surface area contributed by atoms with Crippen LogP contribution in [0.1, 0.15) is 42.7 Å². The van der Waals surface area contributed by atoms with Crippen molar-refractivity contribution in [3.05, 3.63) is 51.7 Å². The van der Waals surface area contributed by atoms with Gasteiger partial charge in [0.05, 0.1) is 12.1 Å². The van der Waals surface area contributed by atoms with Gasteiger partial charge in [0.1, 0.15) is 17.5 Å². The molecule has 1 saturated carbocycles. The number of hydrogen-bond acceptors (Lipinski definition) is 2. The highest BCUT2D eigenvalue weighted by Gasteiger charge is 2.48. The Morgan fingerprint density at radius 3 is 2.39 bits per heavy atom. The predicted octanol–water partition coefficient (Wildman–Crippen LogP) is 2.83. The van der Waals surface area contributed by atoms with E-state index in [0.29, 0.717) is 24.2 Å². The summed E-state index contributed by atoms with van der Waals surface area (Å²) in [5.74, 6) is -3.71. The van der Waals surface area contributed by atoms with Crippen LogP contribution in [-0.2, 0) is 6.42 Å². The van der Waals surface area contributed by atoms with Gasteiger partial charge in [-0.25, -0.2) is 27.0 Å². The second-order valence-electron chi connectivity index (χ2n) is 6.19. The Morgan fingerprint density at radius 1 is 1.13 bits per heavy atom. The number of fused-ring (bicyclic) bond motifs is 1. The molecule has 0 N–H and O–H groups in total. The summed E-state index contributed by atoms with van der Waals surface area (Å²) in [6, 6.07) is 2.01. The fourth-order valence-electron chi connectivity index (χ4n) is 3.44. The maximum absolute atomic E-state index is 13.4. The van der Waals surface area contributed by atoms with E-state index in [4.69, 9.17) is 0 Å². The second-order valence-corrected chi connectivity index (χ2v) is 6.19. The van der Waals surface area contributed by atoms with Gasteiger partial charge in [-0.2, -0.15) is 5.10 Å². The molecule has 1 unspecified atom stereocenters. The lowest BCUT2D eigenvalue weighted by Gasteiger charge is -2.34. The molecule has 0 spiro atoms. The van der Waals surface area contributed by atoms with Gasteiger partial charge in [0, 0.05) is 25.3 Å². The van der Waals surface area contributed by atoms with E-state index < -0.39 is 48.2 Å². The van der Waals surface area contributed by atoms with Gasteiger partial charge < -0.3 is 0 Å². The minimum Gasteiger partial charge on any atom is -0.271 e. The summed E-state index contributed by atoms with van der Waals surface area (Å²) in [7, 11) is 0. The summed E-state index contributed by atoms with van der Waals surface area (Å²) >= 11 is 0. The third kappa shape index (κ3) is 2.27. The van der Waals surface area contributed by atoms with E-state index in [1.165, 1.54) is 16.7 Å². The molecule has 4 nitrogen and oxygen atoms in total. The van der Waals surface area contributed by atoms with Crippen LogP contribution in [0.3, 0.4) is 0 Å². The Bertz CT molecular complexity index is 813. The molecule has 2 aliphatic rings. The molecule has 1 aromatic heterocycles. The first-order valence-electron chi connectivity index (χ1n) is 7.38. The molecule has 0 bridgehead atoms. The smallest absolute Gasteiger partial charge is 0.271 e. The SMILES string of the molecule is O=c1n(C2CC(F)(F)C2)nc2n1C(c1cc(F)cc(F)c1)CC2. The van der Waals surface area contributed by atoms with Crippen LogP contribution in [0, 0.1) is 11.6 Å². The van der Waals surface area contributed by atoms with Crippen LogP contribution in [0.4, 0.5) is 17.6 Å². The Hall–Kier alpha value is -2.12. The van der Waals surface area contributed by atoms with Crippen LogP contribution >= 0.6 is 0 Å². The zero-order chi connectivity index (χ0) is 16.4. The van der Waals surface area contributed by atoms with E-state index in [0.717, 1.165) is 10.7 Å². The number of hydrogen-bond donors (Lipinski definition) is 0. The van der Waals surface area contributed by atoms with E-state index in [1.54, 1.807) is 0 Å². The highest BCUT2D eigenvalue weighted by Crippen LogP contribution is 2.45. The molecular formula is C15H13F4N3O. The van der Waals surface area contributed by atoms with Crippen LogP contribution < -0.4 is 5.69 Å². The zero-order valence-electron chi connectivity index (χ0n) is 12.0. The van der Waals surface area contributed by atoms with Crippen molar-refractivity contribution in [3.63, 3.8) is 0 Å². The molecule has 122 valence electrons. The van der Waals surface area contributed by atoms with Crippen molar-refractivity contribution in [1.29, 1.82) is 0 Å². The highest BCUT2D eigenvalue weighted by atomic mass is 19.3. The fourth-order valence-corrected chi connectivity index (χ4v) is 3.44. The van der Waals surface area contributed by atoms with Gasteiger partial charge in [-0.1, -0.05) is 0 Å². The summed E-state index contributed by atoms with van der Waals surface area (Å²) in [5.41, 5.74) is -0.144. The first-order valence-corrected chi connectivity index (χ1v) is 7.38. The summed E-state index contributed by atoms with van der Waals surface area (Å²) in [6.45, 7) is 0. The van der Waals surface area contributed by atoms with Gasteiger partial charge in [-0.3, -0.25) is 4.57 Å². The van der Waals surface area contributed by atoms with Gasteiger partial charge in [-0.05, 0) is 24.1 Å². The lowest BCUT2D eigenvalue weighted by atomic mass is 9.88. The summed E-state index contributed by atoms with van der Waals surface area (Å²) in [4.78, 5) is 12.5. The normalized spacial score (nSPS) is 22.9. The number of aryl methyl sites for hydroxylation is 1. The monoisotopic (exact) mass is 327 g/mol. The van der Waals surface area contributed by atoms with E-state index >= 15 is 0 Å². The number of alkyl halides is 2. The third-order valence-corrected chi connectivity index (χ3v) is 4.54. The van der Waals surface area contributed by atoms with Crippen LogP contribution in [-0.4, -0.2) is 20.3 Å². The first kappa shape index (κ1) is 14.5. The Balaban J connectivity index is 1.72. The Labute approximate surface area is 128 Å². The number of nitrogens with zero attached hydrogens (tertiary/aromatic N) is 3. The largest absolute Gasteiger partial charge is 0.346 e. The van der Waals surface area contributed by atoms with Crippen molar-refractivity contribution >= 4 is 0 Å². The molecule has 2 aromatic rings. The van der Waals surface area contributed by atoms with E-state index in [2.05, 4.69) is 5.10 Å². The van der Waals surface area contributed by atoms with Crippen LogP contribution in [0.5, 0.6) is 0 Å². The molecule has 1 aromatic carbocycles. The van der Waals surface area contributed by atoms with Gasteiger partial charge >= 0.3 is 5.69 Å². The minimum absolute atomic E-state index is 0.349. The average molecular weight is 327 g/mol. The van der Waals surface area contributed by atoms with Gasteiger partial charge in [-0.15, -0.1) is 0 Å². The van der Waals surface area contributed by atoms with Crippen molar-refractivity contribution < 1.29 is 17.6 Å². The van der Waals surface area contributed by atoms with E-state index in [-0.39, 0.29) is 0 Å². The van der Waals surface area contributed by atoms with Crippen LogP contribution in [0.15, 0.2) is 23.0 Å². The van der Waals surface area contributed by atoms with Crippen LogP contribution in [0.2, 0.25) is 0 Å². The predicted molar refractivity (Wildman–Crippen MR) is 72.5 cm³/mol. The highest BCUT2D eigenvalue weighted by molar-refractivity contribution is 5.24. The average Bonchev–Trinajstić information content (AvgIpc) is 2.96. The van der Waals surface area contributed by atoms with Crippen LogP contribution in [0.25, 0.3) is 0 Å². The third-order valence-electron chi connectivity index (χ3n) is 4.54. The standard InChI is InChI=1S/C15H13F4N3O/c16-9-3-8(4-10(17)5-9)12-1-2-13-20-22(14(23)21(12)13)11-6-15(18,19)7-11/h3-5,11-12H,1-2,6-7H2. The molecule has 2 heterocycles. The van der Waals surface area contributed by atoms with Crippen molar-refractivity contribution in [3.8, 4) is 0 Å². The maximum Gasteiger partial charge on any atom is 0.346 e. The number of rotatable bonds is 2. The molecule has 0 saturated heterocycles. The molecular weight excluding hydrogens is 314 g/mol. The zero-order valence-corrected chi connectivity index (χ0v) is 12.0. The van der Waals surface area contributed by atoms with Gasteiger partial charge in [0.15, 0.2) is 0 Å².